The second-order valence-electron chi connectivity index (χ2n) is 3.71. The summed E-state index contributed by atoms with van der Waals surface area (Å²) in [7, 11) is 0. The molecule has 1 aromatic rings. The molecule has 0 unspecified atom stereocenters. The molecule has 1 rings (SSSR count). The molecule has 0 bridgehead atoms. The summed E-state index contributed by atoms with van der Waals surface area (Å²) in [6.07, 6.45) is 3.39. The lowest BCUT2D eigenvalue weighted by molar-refractivity contribution is 0.100. The molecule has 0 aliphatic rings. The van der Waals surface area contributed by atoms with E-state index in [0.29, 0.717) is 5.56 Å². The first-order valence-corrected chi connectivity index (χ1v) is 5.92. The maximum atomic E-state index is 11.2. The van der Waals surface area contributed by atoms with Crippen LogP contribution in [0.5, 0.6) is 0 Å². The van der Waals surface area contributed by atoms with Crippen molar-refractivity contribution in [2.24, 2.45) is 5.73 Å². The minimum absolute atomic E-state index is 0.412. The van der Waals surface area contributed by atoms with Gasteiger partial charge in [-0.2, -0.15) is 0 Å². The van der Waals surface area contributed by atoms with Gasteiger partial charge in [0.1, 0.15) is 0 Å². The maximum absolute atomic E-state index is 11.2. The van der Waals surface area contributed by atoms with Crippen LogP contribution in [0, 0.1) is 0 Å². The summed E-state index contributed by atoms with van der Waals surface area (Å²) in [5, 5.41) is 0. The molecule has 16 heavy (non-hydrogen) atoms. The van der Waals surface area contributed by atoms with E-state index in [2.05, 4.69) is 19.7 Å². The van der Waals surface area contributed by atoms with Gasteiger partial charge in [0.25, 0.3) is 5.91 Å². The van der Waals surface area contributed by atoms with Gasteiger partial charge in [-0.1, -0.05) is 44.7 Å². The summed E-state index contributed by atoms with van der Waals surface area (Å²) in [5.74, 6) is -0.412. The molecule has 1 amide bonds. The van der Waals surface area contributed by atoms with Crippen molar-refractivity contribution in [3.8, 4) is 0 Å². The summed E-state index contributed by atoms with van der Waals surface area (Å²) in [6, 6.07) is 7.27. The Morgan fingerprint density at radius 2 is 2.06 bits per heavy atom. The molecule has 0 atom stereocenters. The van der Waals surface area contributed by atoms with Crippen molar-refractivity contribution in [3.05, 3.63) is 29.8 Å². The van der Waals surface area contributed by atoms with E-state index in [9.17, 15) is 4.79 Å². The molecule has 2 N–H and O–H groups in total. The standard InChI is InChI=1S/C12H18N2OS/c1-2-3-6-9-14(16)11-8-5-4-7-10(11)12(13)15/h4-5,7-8,16H,2-3,6,9H2,1H3,(H2,13,15). The highest BCUT2D eigenvalue weighted by Crippen LogP contribution is 2.22. The molecular weight excluding hydrogens is 220 g/mol. The highest BCUT2D eigenvalue weighted by Gasteiger charge is 2.10. The normalized spacial score (nSPS) is 10.1. The van der Waals surface area contributed by atoms with Crippen molar-refractivity contribution < 1.29 is 4.79 Å². The molecule has 1 aromatic carbocycles. The molecule has 0 fully saturated rings. The Morgan fingerprint density at radius 3 is 2.69 bits per heavy atom. The Labute approximate surface area is 102 Å². The van der Waals surface area contributed by atoms with E-state index >= 15 is 0 Å². The predicted molar refractivity (Wildman–Crippen MR) is 70.8 cm³/mol. The fourth-order valence-corrected chi connectivity index (χ4v) is 1.85. The molecule has 0 saturated carbocycles. The SMILES string of the molecule is CCCCCN(S)c1ccccc1C(N)=O. The number of carbonyl (C=O) groups excluding carboxylic acids is 1. The topological polar surface area (TPSA) is 46.3 Å². The molecule has 0 spiro atoms. The lowest BCUT2D eigenvalue weighted by Crippen LogP contribution is -2.19. The zero-order valence-electron chi connectivity index (χ0n) is 9.52. The summed E-state index contributed by atoms with van der Waals surface area (Å²) >= 11 is 4.38. The van der Waals surface area contributed by atoms with Crippen LogP contribution in [0.1, 0.15) is 36.5 Å². The average Bonchev–Trinajstić information content (AvgIpc) is 2.29. The Kier molecular flexibility index (Phi) is 5.19. The molecule has 3 nitrogen and oxygen atoms in total. The summed E-state index contributed by atoms with van der Waals surface area (Å²) in [6.45, 7) is 2.97. The van der Waals surface area contributed by atoms with Crippen LogP contribution < -0.4 is 10.0 Å². The van der Waals surface area contributed by atoms with Crippen molar-refractivity contribution in [2.45, 2.75) is 26.2 Å². The number of amides is 1. The zero-order valence-corrected chi connectivity index (χ0v) is 10.4. The number of benzene rings is 1. The number of carbonyl (C=O) groups is 1. The number of nitrogens with two attached hydrogens (primary N) is 1. The lowest BCUT2D eigenvalue weighted by Gasteiger charge is -2.19. The van der Waals surface area contributed by atoms with Crippen LogP contribution in [0.3, 0.4) is 0 Å². The predicted octanol–water partition coefficient (Wildman–Crippen LogP) is 2.63. The van der Waals surface area contributed by atoms with Crippen LogP contribution in [-0.2, 0) is 0 Å². The van der Waals surface area contributed by atoms with Gasteiger partial charge in [0.15, 0.2) is 0 Å². The number of hydrogen-bond donors (Lipinski definition) is 2. The van der Waals surface area contributed by atoms with Crippen molar-refractivity contribution in [2.75, 3.05) is 10.8 Å². The first-order chi connectivity index (χ1) is 7.66. The van der Waals surface area contributed by atoms with E-state index in [1.807, 2.05) is 12.1 Å². The van der Waals surface area contributed by atoms with Crippen LogP contribution in [0.15, 0.2) is 24.3 Å². The van der Waals surface area contributed by atoms with Gasteiger partial charge in [-0.3, -0.25) is 4.79 Å². The second-order valence-corrected chi connectivity index (χ2v) is 4.19. The van der Waals surface area contributed by atoms with Gasteiger partial charge < -0.3 is 10.0 Å². The third-order valence-corrected chi connectivity index (χ3v) is 2.84. The number of hydrogen-bond acceptors (Lipinski definition) is 3. The molecule has 0 saturated heterocycles. The first-order valence-electron chi connectivity index (χ1n) is 5.52. The Bertz CT molecular complexity index is 355. The lowest BCUT2D eigenvalue weighted by atomic mass is 10.1. The van der Waals surface area contributed by atoms with Crippen LogP contribution in [0.4, 0.5) is 5.69 Å². The monoisotopic (exact) mass is 238 g/mol. The zero-order chi connectivity index (χ0) is 12.0. The highest BCUT2D eigenvalue weighted by molar-refractivity contribution is 7.81. The molecule has 0 heterocycles. The third kappa shape index (κ3) is 3.45. The van der Waals surface area contributed by atoms with Gasteiger partial charge in [0.05, 0.1) is 11.3 Å². The van der Waals surface area contributed by atoms with Gasteiger partial charge in [-0.15, -0.1) is 0 Å². The van der Waals surface area contributed by atoms with E-state index in [1.54, 1.807) is 16.4 Å². The minimum Gasteiger partial charge on any atom is -0.366 e. The summed E-state index contributed by atoms with van der Waals surface area (Å²) < 4.78 is 1.79. The van der Waals surface area contributed by atoms with Gasteiger partial charge in [0, 0.05) is 6.54 Å². The van der Waals surface area contributed by atoms with Crippen molar-refractivity contribution in [1.82, 2.24) is 0 Å². The Balaban J connectivity index is 2.74. The van der Waals surface area contributed by atoms with Crippen molar-refractivity contribution >= 4 is 24.4 Å². The molecule has 0 aromatic heterocycles. The van der Waals surface area contributed by atoms with Crippen molar-refractivity contribution in [3.63, 3.8) is 0 Å². The first kappa shape index (κ1) is 12.9. The van der Waals surface area contributed by atoms with Gasteiger partial charge in [-0.05, 0) is 18.6 Å². The number of rotatable bonds is 6. The van der Waals surface area contributed by atoms with Gasteiger partial charge in [0.2, 0.25) is 0 Å². The molecule has 0 aliphatic carbocycles. The number of anilines is 1. The number of unbranched alkanes of at least 4 members (excludes halogenated alkanes) is 2. The largest absolute Gasteiger partial charge is 0.366 e. The van der Waals surface area contributed by atoms with Crippen LogP contribution in [-0.4, -0.2) is 12.5 Å². The molecule has 88 valence electrons. The highest BCUT2D eigenvalue weighted by atomic mass is 32.1. The molecule has 0 aliphatic heterocycles. The average molecular weight is 238 g/mol. The molecule has 4 heteroatoms. The van der Waals surface area contributed by atoms with Crippen LogP contribution in [0.25, 0.3) is 0 Å². The smallest absolute Gasteiger partial charge is 0.250 e. The molecule has 0 radical (unpaired) electrons. The number of thiol groups is 1. The summed E-state index contributed by atoms with van der Waals surface area (Å²) in [4.78, 5) is 11.2. The van der Waals surface area contributed by atoms with E-state index in [1.165, 1.54) is 6.42 Å². The number of para-hydroxylation sites is 1. The number of primary amides is 1. The van der Waals surface area contributed by atoms with Crippen LogP contribution >= 0.6 is 12.8 Å². The van der Waals surface area contributed by atoms with E-state index in [0.717, 1.165) is 25.1 Å². The van der Waals surface area contributed by atoms with Crippen LogP contribution in [0.2, 0.25) is 0 Å². The second kappa shape index (κ2) is 6.43. The Hall–Kier alpha value is -1.16. The van der Waals surface area contributed by atoms with E-state index < -0.39 is 5.91 Å². The van der Waals surface area contributed by atoms with E-state index in [-0.39, 0.29) is 0 Å². The minimum atomic E-state index is -0.412. The number of nitrogens with zero attached hydrogens (tertiary/aromatic N) is 1. The molecular formula is C12H18N2OS. The van der Waals surface area contributed by atoms with Gasteiger partial charge >= 0.3 is 0 Å². The third-order valence-electron chi connectivity index (χ3n) is 2.42. The Morgan fingerprint density at radius 1 is 1.38 bits per heavy atom. The quantitative estimate of drug-likeness (QED) is 0.591. The fourth-order valence-electron chi connectivity index (χ4n) is 1.54. The maximum Gasteiger partial charge on any atom is 0.250 e. The summed E-state index contributed by atoms with van der Waals surface area (Å²) in [5.41, 5.74) is 6.62. The van der Waals surface area contributed by atoms with E-state index in [4.69, 9.17) is 5.73 Å². The van der Waals surface area contributed by atoms with Crippen molar-refractivity contribution in [1.29, 1.82) is 0 Å². The van der Waals surface area contributed by atoms with Gasteiger partial charge in [-0.25, -0.2) is 0 Å². The fraction of sp³-hybridized carbons (Fsp3) is 0.417.